The predicted octanol–water partition coefficient (Wildman–Crippen LogP) is 3.90. The number of nitrogens with one attached hydrogen (secondary N) is 1. The lowest BCUT2D eigenvalue weighted by atomic mass is 10.2. The highest BCUT2D eigenvalue weighted by Crippen LogP contribution is 2.34. The summed E-state index contributed by atoms with van der Waals surface area (Å²) >= 11 is 0. The lowest BCUT2D eigenvalue weighted by Crippen LogP contribution is -2.31. The van der Waals surface area contributed by atoms with Gasteiger partial charge in [0.15, 0.2) is 11.5 Å². The summed E-state index contributed by atoms with van der Waals surface area (Å²) in [5, 5.41) is 3.76. The van der Waals surface area contributed by atoms with Crippen molar-refractivity contribution in [1.82, 2.24) is 9.47 Å². The smallest absolute Gasteiger partial charge is 0.316 e. The normalized spacial score (nSPS) is 16.4. The van der Waals surface area contributed by atoms with Crippen molar-refractivity contribution in [3.8, 4) is 11.5 Å². The van der Waals surface area contributed by atoms with Crippen molar-refractivity contribution in [2.45, 2.75) is 25.8 Å². The third-order valence-electron chi connectivity index (χ3n) is 6.65. The molecule has 0 radical (unpaired) electrons. The second kappa shape index (κ2) is 10.3. The molecule has 0 bridgehead atoms. The Labute approximate surface area is 200 Å². The van der Waals surface area contributed by atoms with E-state index in [-0.39, 0.29) is 0 Å². The third-order valence-corrected chi connectivity index (χ3v) is 6.65. The Kier molecular flexibility index (Phi) is 6.76. The topological polar surface area (TPSA) is 85.0 Å². The molecular weight excluding hydrogens is 430 g/mol. The summed E-state index contributed by atoms with van der Waals surface area (Å²) in [7, 11) is 0. The number of rotatable bonds is 7. The first-order valence-corrected chi connectivity index (χ1v) is 12.2. The largest absolute Gasteiger partial charge is 0.486 e. The number of amides is 2. The summed E-state index contributed by atoms with van der Waals surface area (Å²) in [6, 6.07) is 13.9. The minimum absolute atomic E-state index is 0.533. The number of nitrogens with zero attached hydrogens (tertiary/aromatic N) is 3. The van der Waals surface area contributed by atoms with Crippen LogP contribution >= 0.6 is 0 Å². The summed E-state index contributed by atoms with van der Waals surface area (Å²) in [5.41, 5.74) is 8.45. The van der Waals surface area contributed by atoms with Crippen molar-refractivity contribution in [2.75, 3.05) is 56.2 Å². The quantitative estimate of drug-likeness (QED) is 0.519. The number of para-hydroxylation sites is 1. The number of fused-ring (bicyclic) bond motifs is 2. The van der Waals surface area contributed by atoms with Gasteiger partial charge in [0.25, 0.3) is 0 Å². The highest BCUT2D eigenvalue weighted by atomic mass is 16.6. The summed E-state index contributed by atoms with van der Waals surface area (Å²) in [5.74, 6) is 1.70. The Morgan fingerprint density at radius 2 is 1.76 bits per heavy atom. The molecule has 1 fully saturated rings. The SMILES string of the molecule is NC(=O)Nc1cn(CCCCN2CCCN(c3ccc4c(c3)OCCO4)CC2)c2ccccc12. The Morgan fingerprint density at radius 1 is 0.941 bits per heavy atom. The van der Waals surface area contributed by atoms with E-state index in [0.29, 0.717) is 13.2 Å². The van der Waals surface area contributed by atoms with Gasteiger partial charge in [0.05, 0.1) is 11.2 Å². The van der Waals surface area contributed by atoms with Crippen LogP contribution in [0.2, 0.25) is 0 Å². The number of unbranched alkanes of at least 4 members (excludes halogenated alkanes) is 1. The number of ether oxygens (including phenoxy) is 2. The van der Waals surface area contributed by atoms with Crippen molar-refractivity contribution in [3.05, 3.63) is 48.7 Å². The fraction of sp³-hybridized carbons (Fsp3) is 0.423. The molecule has 0 saturated carbocycles. The van der Waals surface area contributed by atoms with Crippen molar-refractivity contribution in [3.63, 3.8) is 0 Å². The molecule has 0 aliphatic carbocycles. The van der Waals surface area contributed by atoms with Gasteiger partial charge in [-0.25, -0.2) is 4.79 Å². The van der Waals surface area contributed by atoms with E-state index < -0.39 is 6.03 Å². The van der Waals surface area contributed by atoms with Crippen LogP contribution < -0.4 is 25.4 Å². The van der Waals surface area contributed by atoms with E-state index in [9.17, 15) is 4.79 Å². The maximum absolute atomic E-state index is 11.3. The average Bonchev–Trinajstić information content (AvgIpc) is 3.02. The summed E-state index contributed by atoms with van der Waals surface area (Å²) in [6.07, 6.45) is 5.36. The van der Waals surface area contributed by atoms with Crippen LogP contribution in [-0.2, 0) is 6.54 Å². The van der Waals surface area contributed by atoms with E-state index >= 15 is 0 Å². The van der Waals surface area contributed by atoms with Crippen LogP contribution in [0.1, 0.15) is 19.3 Å². The van der Waals surface area contributed by atoms with Gasteiger partial charge in [0.1, 0.15) is 13.2 Å². The van der Waals surface area contributed by atoms with Crippen molar-refractivity contribution >= 4 is 28.3 Å². The molecular formula is C26H33N5O3. The van der Waals surface area contributed by atoms with Crippen LogP contribution in [0.4, 0.5) is 16.2 Å². The molecule has 2 amide bonds. The molecule has 3 N–H and O–H groups in total. The summed E-state index contributed by atoms with van der Waals surface area (Å²) in [4.78, 5) is 16.4. The van der Waals surface area contributed by atoms with E-state index in [1.165, 1.54) is 5.69 Å². The Hall–Kier alpha value is -3.39. The molecule has 1 saturated heterocycles. The number of urea groups is 1. The standard InChI is InChI=1S/C26H33N5O3/c27-26(32)28-22-19-31(23-7-2-1-6-21(22)23)12-4-3-10-29-11-5-13-30(15-14-29)20-8-9-24-25(18-20)34-17-16-33-24/h1-2,6-9,18-19H,3-5,10-17H2,(H3,27,28,32). The number of benzene rings is 2. The molecule has 0 spiro atoms. The lowest BCUT2D eigenvalue weighted by Gasteiger charge is -2.26. The zero-order valence-electron chi connectivity index (χ0n) is 19.5. The highest BCUT2D eigenvalue weighted by molar-refractivity contribution is 6.00. The second-order valence-corrected chi connectivity index (χ2v) is 8.96. The van der Waals surface area contributed by atoms with Gasteiger partial charge in [0, 0.05) is 49.5 Å². The zero-order valence-corrected chi connectivity index (χ0v) is 19.5. The van der Waals surface area contributed by atoms with E-state index in [1.807, 2.05) is 30.5 Å². The Bertz CT molecular complexity index is 1140. The van der Waals surface area contributed by atoms with Crippen LogP contribution in [0.15, 0.2) is 48.7 Å². The first kappa shape index (κ1) is 22.4. The number of anilines is 2. The summed E-state index contributed by atoms with van der Waals surface area (Å²) < 4.78 is 13.6. The number of aromatic nitrogens is 1. The van der Waals surface area contributed by atoms with Crippen LogP contribution in [0, 0.1) is 0 Å². The molecule has 1 aromatic heterocycles. The third kappa shape index (κ3) is 5.07. The van der Waals surface area contributed by atoms with Gasteiger partial charge < -0.3 is 34.9 Å². The fourth-order valence-electron chi connectivity index (χ4n) is 4.96. The maximum atomic E-state index is 11.3. The molecule has 3 aromatic rings. The minimum Gasteiger partial charge on any atom is -0.486 e. The molecule has 0 atom stereocenters. The van der Waals surface area contributed by atoms with Gasteiger partial charge in [-0.1, -0.05) is 18.2 Å². The average molecular weight is 464 g/mol. The van der Waals surface area contributed by atoms with E-state index in [0.717, 1.165) is 86.6 Å². The van der Waals surface area contributed by atoms with Crippen LogP contribution in [0.25, 0.3) is 10.9 Å². The summed E-state index contributed by atoms with van der Waals surface area (Å²) in [6.45, 7) is 7.51. The van der Waals surface area contributed by atoms with Crippen LogP contribution in [0.5, 0.6) is 11.5 Å². The number of carbonyl (C=O) groups excluding carboxylic acids is 1. The maximum Gasteiger partial charge on any atom is 0.316 e. The molecule has 180 valence electrons. The first-order chi connectivity index (χ1) is 16.7. The van der Waals surface area contributed by atoms with Gasteiger partial charge in [-0.2, -0.15) is 0 Å². The van der Waals surface area contributed by atoms with Gasteiger partial charge in [-0.15, -0.1) is 0 Å². The first-order valence-electron chi connectivity index (χ1n) is 12.2. The number of nitrogens with two attached hydrogens (primary N) is 1. The number of hydrogen-bond acceptors (Lipinski definition) is 5. The van der Waals surface area contributed by atoms with E-state index in [2.05, 4.69) is 37.9 Å². The molecule has 2 aromatic carbocycles. The van der Waals surface area contributed by atoms with E-state index in [1.54, 1.807) is 0 Å². The molecule has 8 nitrogen and oxygen atoms in total. The second-order valence-electron chi connectivity index (χ2n) is 8.96. The zero-order chi connectivity index (χ0) is 23.3. The number of aryl methyl sites for hydroxylation is 1. The van der Waals surface area contributed by atoms with Crippen molar-refractivity contribution in [1.29, 1.82) is 0 Å². The molecule has 2 aliphatic heterocycles. The van der Waals surface area contributed by atoms with Gasteiger partial charge in [-0.05, 0) is 50.6 Å². The Morgan fingerprint density at radius 3 is 2.65 bits per heavy atom. The molecule has 2 aliphatic rings. The Balaban J connectivity index is 1.12. The minimum atomic E-state index is -0.533. The van der Waals surface area contributed by atoms with Crippen molar-refractivity contribution < 1.29 is 14.3 Å². The molecule has 3 heterocycles. The predicted molar refractivity (Wildman–Crippen MR) is 135 cm³/mol. The number of primary amides is 1. The van der Waals surface area contributed by atoms with E-state index in [4.69, 9.17) is 15.2 Å². The molecule has 0 unspecified atom stereocenters. The fourth-order valence-corrected chi connectivity index (χ4v) is 4.96. The van der Waals surface area contributed by atoms with Gasteiger partial charge >= 0.3 is 6.03 Å². The van der Waals surface area contributed by atoms with Gasteiger partial charge in [-0.3, -0.25) is 0 Å². The molecule has 8 heteroatoms. The highest BCUT2D eigenvalue weighted by Gasteiger charge is 2.18. The number of carbonyl (C=O) groups is 1. The van der Waals surface area contributed by atoms with Crippen LogP contribution in [0.3, 0.4) is 0 Å². The van der Waals surface area contributed by atoms with Gasteiger partial charge in [0.2, 0.25) is 0 Å². The molecule has 5 rings (SSSR count). The number of hydrogen-bond donors (Lipinski definition) is 2. The van der Waals surface area contributed by atoms with Crippen LogP contribution in [-0.4, -0.2) is 61.4 Å². The molecule has 34 heavy (non-hydrogen) atoms. The van der Waals surface area contributed by atoms with Crippen molar-refractivity contribution in [2.24, 2.45) is 5.73 Å². The lowest BCUT2D eigenvalue weighted by molar-refractivity contribution is 0.171. The monoisotopic (exact) mass is 463 g/mol.